The molecule has 1 aromatic carbocycles. The van der Waals surface area contributed by atoms with Crippen molar-refractivity contribution in [3.05, 3.63) is 29.6 Å². The van der Waals surface area contributed by atoms with E-state index in [4.69, 9.17) is 9.84 Å². The molecule has 0 aromatic heterocycles. The van der Waals surface area contributed by atoms with Gasteiger partial charge in [0, 0.05) is 12.2 Å². The Labute approximate surface area is 116 Å². The van der Waals surface area contributed by atoms with Crippen molar-refractivity contribution in [1.29, 1.82) is 0 Å². The van der Waals surface area contributed by atoms with Crippen molar-refractivity contribution in [2.24, 2.45) is 0 Å². The Balaban J connectivity index is 1.96. The van der Waals surface area contributed by atoms with Gasteiger partial charge < -0.3 is 15.2 Å². The number of amides is 1. The summed E-state index contributed by atoms with van der Waals surface area (Å²) in [5.41, 5.74) is 0.580. The van der Waals surface area contributed by atoms with Gasteiger partial charge in [-0.1, -0.05) is 11.8 Å². The van der Waals surface area contributed by atoms with Crippen molar-refractivity contribution < 1.29 is 19.0 Å². The lowest BCUT2D eigenvalue weighted by molar-refractivity contribution is -0.118. The summed E-state index contributed by atoms with van der Waals surface area (Å²) >= 11 is 0. The van der Waals surface area contributed by atoms with E-state index in [0.717, 1.165) is 12.8 Å². The maximum Gasteiger partial charge on any atom is 0.227 e. The number of rotatable bonds is 3. The first-order chi connectivity index (χ1) is 9.69. The first-order valence-corrected chi connectivity index (χ1v) is 6.50. The number of nitrogens with one attached hydrogen (secondary N) is 1. The summed E-state index contributed by atoms with van der Waals surface area (Å²) in [6.45, 7) is 0.409. The number of aliphatic hydroxyl groups is 1. The highest BCUT2D eigenvalue weighted by Gasteiger charge is 2.19. The molecule has 1 heterocycles. The molecule has 1 unspecified atom stereocenters. The zero-order chi connectivity index (χ0) is 14.4. The third-order valence-corrected chi connectivity index (χ3v) is 2.99. The summed E-state index contributed by atoms with van der Waals surface area (Å²) in [6.07, 6.45) is 2.01. The number of anilines is 1. The molecule has 1 aromatic rings. The minimum atomic E-state index is -0.546. The van der Waals surface area contributed by atoms with E-state index in [1.165, 1.54) is 12.1 Å². The molecule has 2 N–H and O–H groups in total. The van der Waals surface area contributed by atoms with Crippen LogP contribution in [0.4, 0.5) is 10.1 Å². The molecule has 1 atom stereocenters. The van der Waals surface area contributed by atoms with E-state index in [2.05, 4.69) is 17.2 Å². The van der Waals surface area contributed by atoms with Gasteiger partial charge in [0.05, 0.1) is 18.2 Å². The molecule has 0 aliphatic carbocycles. The number of hydrogen-bond acceptors (Lipinski definition) is 3. The Morgan fingerprint density at radius 1 is 1.55 bits per heavy atom. The third kappa shape index (κ3) is 4.05. The second-order valence-electron chi connectivity index (χ2n) is 4.54. The van der Waals surface area contributed by atoms with E-state index >= 15 is 0 Å². The Bertz CT molecular complexity index is 542. The lowest BCUT2D eigenvalue weighted by Crippen LogP contribution is -2.19. The molecule has 1 aliphatic rings. The van der Waals surface area contributed by atoms with Crippen LogP contribution in [0.2, 0.25) is 0 Å². The predicted octanol–water partition coefficient (Wildman–Crippen LogP) is 1.68. The Kier molecular flexibility index (Phi) is 5.10. The molecule has 0 spiro atoms. The quantitative estimate of drug-likeness (QED) is 0.826. The molecule has 1 saturated heterocycles. The molecule has 0 bridgehead atoms. The molecule has 20 heavy (non-hydrogen) atoms. The van der Waals surface area contributed by atoms with Crippen LogP contribution in [-0.4, -0.2) is 30.3 Å². The van der Waals surface area contributed by atoms with Gasteiger partial charge in [-0.2, -0.15) is 0 Å². The topological polar surface area (TPSA) is 58.6 Å². The van der Waals surface area contributed by atoms with E-state index in [-0.39, 0.29) is 30.7 Å². The molecule has 106 valence electrons. The van der Waals surface area contributed by atoms with Crippen LogP contribution in [0, 0.1) is 17.7 Å². The van der Waals surface area contributed by atoms with Gasteiger partial charge in [0.1, 0.15) is 12.4 Å². The van der Waals surface area contributed by atoms with Crippen LogP contribution in [0.5, 0.6) is 0 Å². The van der Waals surface area contributed by atoms with Crippen LogP contribution in [0.25, 0.3) is 0 Å². The minimum Gasteiger partial charge on any atom is -0.384 e. The van der Waals surface area contributed by atoms with Crippen molar-refractivity contribution in [2.45, 2.75) is 25.4 Å². The van der Waals surface area contributed by atoms with Gasteiger partial charge in [-0.15, -0.1) is 0 Å². The van der Waals surface area contributed by atoms with Crippen LogP contribution in [0.15, 0.2) is 18.2 Å². The van der Waals surface area contributed by atoms with Crippen molar-refractivity contribution in [2.75, 3.05) is 18.5 Å². The van der Waals surface area contributed by atoms with Crippen molar-refractivity contribution in [3.8, 4) is 11.8 Å². The Morgan fingerprint density at radius 2 is 2.40 bits per heavy atom. The first-order valence-electron chi connectivity index (χ1n) is 6.50. The molecular formula is C15H16FNO3. The van der Waals surface area contributed by atoms with Crippen LogP contribution in [-0.2, 0) is 9.53 Å². The average Bonchev–Trinajstić information content (AvgIpc) is 2.92. The molecule has 0 saturated carbocycles. The summed E-state index contributed by atoms with van der Waals surface area (Å²) in [5.74, 6) is 4.23. The summed E-state index contributed by atoms with van der Waals surface area (Å²) in [5, 5.41) is 11.1. The highest BCUT2D eigenvalue weighted by atomic mass is 19.1. The molecule has 4 nitrogen and oxygen atoms in total. The van der Waals surface area contributed by atoms with Crippen LogP contribution in [0.3, 0.4) is 0 Å². The van der Waals surface area contributed by atoms with E-state index < -0.39 is 5.82 Å². The summed E-state index contributed by atoms with van der Waals surface area (Å²) in [7, 11) is 0. The van der Waals surface area contributed by atoms with Crippen LogP contribution in [0.1, 0.15) is 24.8 Å². The molecule has 0 radical (unpaired) electrons. The number of carbonyl (C=O) groups is 1. The smallest absolute Gasteiger partial charge is 0.227 e. The fraction of sp³-hybridized carbons (Fsp3) is 0.400. The third-order valence-electron chi connectivity index (χ3n) is 2.99. The average molecular weight is 277 g/mol. The van der Waals surface area contributed by atoms with Crippen molar-refractivity contribution >= 4 is 11.6 Å². The van der Waals surface area contributed by atoms with Gasteiger partial charge in [-0.25, -0.2) is 4.39 Å². The molecular weight excluding hydrogens is 261 g/mol. The fourth-order valence-corrected chi connectivity index (χ4v) is 2.05. The SMILES string of the molecule is O=C(CC1CCCO1)Nc1ccc(C#CCO)cc1F. The van der Waals surface area contributed by atoms with E-state index in [1.807, 2.05) is 0 Å². The molecule has 1 amide bonds. The maximum absolute atomic E-state index is 13.8. The van der Waals surface area contributed by atoms with Gasteiger partial charge in [0.25, 0.3) is 0 Å². The van der Waals surface area contributed by atoms with Gasteiger partial charge in [-0.05, 0) is 31.0 Å². The molecule has 5 heteroatoms. The molecule has 1 fully saturated rings. The second-order valence-corrected chi connectivity index (χ2v) is 4.54. The van der Waals surface area contributed by atoms with Gasteiger partial charge >= 0.3 is 0 Å². The predicted molar refractivity (Wildman–Crippen MR) is 72.6 cm³/mol. The lowest BCUT2D eigenvalue weighted by atomic mass is 10.1. The Morgan fingerprint density at radius 3 is 3.05 bits per heavy atom. The Hall–Kier alpha value is -1.90. The number of benzene rings is 1. The highest BCUT2D eigenvalue weighted by molar-refractivity contribution is 5.91. The monoisotopic (exact) mass is 277 g/mol. The second kappa shape index (κ2) is 7.04. The zero-order valence-electron chi connectivity index (χ0n) is 11.0. The number of carbonyl (C=O) groups excluding carboxylic acids is 1. The molecule has 2 rings (SSSR count). The van der Waals surface area contributed by atoms with E-state index in [9.17, 15) is 9.18 Å². The lowest BCUT2D eigenvalue weighted by Gasteiger charge is -2.10. The maximum atomic E-state index is 13.8. The normalized spacial score (nSPS) is 17.4. The number of hydrogen-bond donors (Lipinski definition) is 2. The summed E-state index contributed by atoms with van der Waals surface area (Å²) in [4.78, 5) is 11.8. The standard InChI is InChI=1S/C15H16FNO3/c16-13-9-11(3-1-7-18)5-6-14(13)17-15(19)10-12-4-2-8-20-12/h5-6,9,12,18H,2,4,7-8,10H2,(H,17,19). The van der Waals surface area contributed by atoms with E-state index in [0.29, 0.717) is 12.2 Å². The van der Waals surface area contributed by atoms with Crippen molar-refractivity contribution in [1.82, 2.24) is 0 Å². The molecule has 1 aliphatic heterocycles. The van der Waals surface area contributed by atoms with Crippen LogP contribution < -0.4 is 5.32 Å². The highest BCUT2D eigenvalue weighted by Crippen LogP contribution is 2.18. The minimum absolute atomic E-state index is 0.0623. The van der Waals surface area contributed by atoms with Crippen molar-refractivity contribution in [3.63, 3.8) is 0 Å². The van der Waals surface area contributed by atoms with Gasteiger partial charge in [0.2, 0.25) is 5.91 Å². The largest absolute Gasteiger partial charge is 0.384 e. The van der Waals surface area contributed by atoms with Gasteiger partial charge in [-0.3, -0.25) is 4.79 Å². The fourth-order valence-electron chi connectivity index (χ4n) is 2.05. The summed E-state index contributed by atoms with van der Waals surface area (Å²) in [6, 6.07) is 4.28. The number of ether oxygens (including phenoxy) is 1. The number of aliphatic hydroxyl groups excluding tert-OH is 1. The summed E-state index contributed by atoms with van der Waals surface area (Å²) < 4.78 is 19.1. The first kappa shape index (κ1) is 14.5. The zero-order valence-corrected chi connectivity index (χ0v) is 11.0. The van der Waals surface area contributed by atoms with E-state index in [1.54, 1.807) is 6.07 Å². The number of halogens is 1. The van der Waals surface area contributed by atoms with Gasteiger partial charge in [0.15, 0.2) is 0 Å². The van der Waals surface area contributed by atoms with Crippen LogP contribution >= 0.6 is 0 Å².